The summed E-state index contributed by atoms with van der Waals surface area (Å²) >= 11 is 1.65. The molecule has 2 aromatic heterocycles. The molecule has 2 atom stereocenters. The maximum absolute atomic E-state index is 11.5. The maximum atomic E-state index is 11.5. The van der Waals surface area contributed by atoms with Crippen molar-refractivity contribution in [3.8, 4) is 0 Å². The molecule has 3 N–H and O–H groups in total. The zero-order valence-corrected chi connectivity index (χ0v) is 14.6. The first kappa shape index (κ1) is 16.9. The third kappa shape index (κ3) is 3.91. The van der Waals surface area contributed by atoms with Gasteiger partial charge in [0.15, 0.2) is 0 Å². The number of anilines is 1. The monoisotopic (exact) mass is 345 g/mol. The Hall–Kier alpha value is -1.99. The highest BCUT2D eigenvalue weighted by molar-refractivity contribution is 7.09. The molecule has 2 aromatic rings. The average molecular weight is 345 g/mol. The third-order valence-electron chi connectivity index (χ3n) is 4.41. The fraction of sp³-hybridized carbons (Fsp3) is 0.471. The van der Waals surface area contributed by atoms with Gasteiger partial charge < -0.3 is 16.0 Å². The van der Waals surface area contributed by atoms with Crippen LogP contribution in [-0.4, -0.2) is 29.0 Å². The quantitative estimate of drug-likeness (QED) is 0.837. The van der Waals surface area contributed by atoms with Crippen LogP contribution in [0.3, 0.4) is 0 Å². The molecule has 3 rings (SSSR count). The molecule has 1 amide bonds. The summed E-state index contributed by atoms with van der Waals surface area (Å²) in [5, 5.41) is 6.57. The van der Waals surface area contributed by atoms with Gasteiger partial charge in [0.2, 0.25) is 5.91 Å². The van der Waals surface area contributed by atoms with Gasteiger partial charge in [0.05, 0.1) is 12.0 Å². The summed E-state index contributed by atoms with van der Waals surface area (Å²) in [6.07, 6.45) is 5.46. The maximum Gasteiger partial charge on any atom is 0.222 e. The summed E-state index contributed by atoms with van der Waals surface area (Å²) in [5.41, 5.74) is 6.62. The summed E-state index contributed by atoms with van der Waals surface area (Å²) in [5.74, 6) is 0.644. The van der Waals surface area contributed by atoms with Crippen molar-refractivity contribution in [2.45, 2.75) is 32.4 Å². The largest absolute Gasteiger partial charge is 0.369 e. The zero-order valence-electron chi connectivity index (χ0n) is 13.8. The second-order valence-electron chi connectivity index (χ2n) is 6.15. The molecule has 1 aliphatic heterocycles. The van der Waals surface area contributed by atoms with E-state index >= 15 is 0 Å². The number of amides is 1. The van der Waals surface area contributed by atoms with Crippen molar-refractivity contribution in [1.82, 2.24) is 15.3 Å². The SMILES string of the molecule is C[C@@H](NCc1cccnc1N1CCC[C@H](C(N)=O)C1)c1nccs1. The van der Waals surface area contributed by atoms with E-state index in [-0.39, 0.29) is 17.9 Å². The Bertz CT molecular complexity index is 675. The lowest BCUT2D eigenvalue weighted by Crippen LogP contribution is -2.42. The number of pyridine rings is 1. The van der Waals surface area contributed by atoms with Gasteiger partial charge in [0.1, 0.15) is 10.8 Å². The highest BCUT2D eigenvalue weighted by atomic mass is 32.1. The van der Waals surface area contributed by atoms with Crippen molar-refractivity contribution in [2.24, 2.45) is 11.7 Å². The van der Waals surface area contributed by atoms with Crippen LogP contribution in [0, 0.1) is 5.92 Å². The molecule has 0 aliphatic carbocycles. The Morgan fingerprint density at radius 2 is 2.38 bits per heavy atom. The van der Waals surface area contributed by atoms with E-state index < -0.39 is 0 Å². The molecule has 6 nitrogen and oxygen atoms in total. The van der Waals surface area contributed by atoms with Gasteiger partial charge in [-0.2, -0.15) is 0 Å². The number of thiazole rings is 1. The Labute approximate surface area is 146 Å². The molecule has 0 bridgehead atoms. The molecule has 0 spiro atoms. The number of primary amides is 1. The average Bonchev–Trinajstić information content (AvgIpc) is 3.15. The van der Waals surface area contributed by atoms with Gasteiger partial charge in [-0.25, -0.2) is 9.97 Å². The van der Waals surface area contributed by atoms with Crippen LogP contribution in [0.15, 0.2) is 29.9 Å². The van der Waals surface area contributed by atoms with Gasteiger partial charge in [-0.1, -0.05) is 6.07 Å². The lowest BCUT2D eigenvalue weighted by atomic mass is 9.97. The van der Waals surface area contributed by atoms with E-state index in [0.717, 1.165) is 35.8 Å². The molecule has 1 saturated heterocycles. The Balaban J connectivity index is 1.69. The van der Waals surface area contributed by atoms with Gasteiger partial charge in [-0.15, -0.1) is 11.3 Å². The number of hydrogen-bond acceptors (Lipinski definition) is 6. The smallest absolute Gasteiger partial charge is 0.222 e. The zero-order chi connectivity index (χ0) is 16.9. The molecule has 7 heteroatoms. The topological polar surface area (TPSA) is 84.1 Å². The third-order valence-corrected chi connectivity index (χ3v) is 5.37. The lowest BCUT2D eigenvalue weighted by Gasteiger charge is -2.33. The second kappa shape index (κ2) is 7.72. The Morgan fingerprint density at radius 3 is 3.12 bits per heavy atom. The first-order valence-electron chi connectivity index (χ1n) is 8.26. The van der Waals surface area contributed by atoms with E-state index in [1.807, 2.05) is 17.6 Å². The van der Waals surface area contributed by atoms with Crippen molar-refractivity contribution in [2.75, 3.05) is 18.0 Å². The van der Waals surface area contributed by atoms with Crippen LogP contribution in [0.4, 0.5) is 5.82 Å². The van der Waals surface area contributed by atoms with E-state index in [0.29, 0.717) is 13.1 Å². The van der Waals surface area contributed by atoms with E-state index in [9.17, 15) is 4.79 Å². The van der Waals surface area contributed by atoms with Crippen LogP contribution in [0.1, 0.15) is 36.4 Å². The van der Waals surface area contributed by atoms with Crippen molar-refractivity contribution >= 4 is 23.1 Å². The molecule has 24 heavy (non-hydrogen) atoms. The van der Waals surface area contributed by atoms with Crippen LogP contribution in [-0.2, 0) is 11.3 Å². The van der Waals surface area contributed by atoms with Crippen LogP contribution in [0.5, 0.6) is 0 Å². The van der Waals surface area contributed by atoms with Gasteiger partial charge >= 0.3 is 0 Å². The van der Waals surface area contributed by atoms with Crippen molar-refractivity contribution in [3.63, 3.8) is 0 Å². The fourth-order valence-corrected chi connectivity index (χ4v) is 3.72. The number of nitrogens with two attached hydrogens (primary N) is 1. The molecule has 0 aromatic carbocycles. The predicted octanol–water partition coefficient (Wildman–Crippen LogP) is 2.09. The number of piperidine rings is 1. The van der Waals surface area contributed by atoms with Crippen molar-refractivity contribution in [3.05, 3.63) is 40.5 Å². The van der Waals surface area contributed by atoms with E-state index in [2.05, 4.69) is 33.2 Å². The first-order chi connectivity index (χ1) is 11.6. The van der Waals surface area contributed by atoms with Crippen molar-refractivity contribution in [1.29, 1.82) is 0 Å². The Kier molecular flexibility index (Phi) is 5.42. The second-order valence-corrected chi connectivity index (χ2v) is 7.07. The van der Waals surface area contributed by atoms with Crippen molar-refractivity contribution < 1.29 is 4.79 Å². The number of carbonyl (C=O) groups is 1. The molecule has 1 aliphatic rings. The summed E-state index contributed by atoms with van der Waals surface area (Å²) in [4.78, 5) is 22.6. The molecule has 1 fully saturated rings. The van der Waals surface area contributed by atoms with E-state index in [1.54, 1.807) is 17.5 Å². The highest BCUT2D eigenvalue weighted by Gasteiger charge is 2.26. The Morgan fingerprint density at radius 1 is 1.50 bits per heavy atom. The minimum atomic E-state index is -0.215. The molecule has 0 radical (unpaired) electrons. The van der Waals surface area contributed by atoms with E-state index in [1.165, 1.54) is 0 Å². The normalized spacial score (nSPS) is 19.2. The number of hydrogen-bond donors (Lipinski definition) is 2. The van der Waals surface area contributed by atoms with Crippen LogP contribution >= 0.6 is 11.3 Å². The van der Waals surface area contributed by atoms with Gasteiger partial charge in [0, 0.05) is 43.0 Å². The standard InChI is InChI=1S/C17H23N5OS/c1-12(17-20-7-9-24-17)21-10-13-4-2-6-19-16(13)22-8-3-5-14(11-22)15(18)23/h2,4,6-7,9,12,14,21H,3,5,8,10-11H2,1H3,(H2,18,23)/t12-,14+/m1/s1. The van der Waals surface area contributed by atoms with Crippen LogP contribution in [0.2, 0.25) is 0 Å². The lowest BCUT2D eigenvalue weighted by molar-refractivity contribution is -0.122. The number of rotatable bonds is 6. The molecule has 128 valence electrons. The number of aromatic nitrogens is 2. The van der Waals surface area contributed by atoms with E-state index in [4.69, 9.17) is 5.73 Å². The van der Waals surface area contributed by atoms with Gasteiger partial charge in [0.25, 0.3) is 0 Å². The molecule has 0 unspecified atom stereocenters. The summed E-state index contributed by atoms with van der Waals surface area (Å²) in [7, 11) is 0. The molecular weight excluding hydrogens is 322 g/mol. The van der Waals surface area contributed by atoms with Gasteiger partial charge in [-0.3, -0.25) is 4.79 Å². The molecule has 0 saturated carbocycles. The predicted molar refractivity (Wildman–Crippen MR) is 95.7 cm³/mol. The van der Waals surface area contributed by atoms with Crippen LogP contribution < -0.4 is 16.0 Å². The summed E-state index contributed by atoms with van der Waals surface area (Å²) in [6, 6.07) is 4.22. The number of carbonyl (C=O) groups excluding carboxylic acids is 1. The fourth-order valence-electron chi connectivity index (χ4n) is 3.05. The molecular formula is C17H23N5OS. The minimum Gasteiger partial charge on any atom is -0.369 e. The number of nitrogens with one attached hydrogen (secondary N) is 1. The number of nitrogens with zero attached hydrogens (tertiary/aromatic N) is 3. The van der Waals surface area contributed by atoms with Gasteiger partial charge in [-0.05, 0) is 25.8 Å². The molecule has 3 heterocycles. The minimum absolute atomic E-state index is 0.0872. The van der Waals surface area contributed by atoms with Crippen LogP contribution in [0.25, 0.3) is 0 Å². The summed E-state index contributed by atoms with van der Waals surface area (Å²) < 4.78 is 0. The highest BCUT2D eigenvalue weighted by Crippen LogP contribution is 2.25. The summed E-state index contributed by atoms with van der Waals surface area (Å²) in [6.45, 7) is 4.39. The first-order valence-corrected chi connectivity index (χ1v) is 9.14.